The summed E-state index contributed by atoms with van der Waals surface area (Å²) < 4.78 is 6.42. The van der Waals surface area contributed by atoms with Crippen LogP contribution in [0.1, 0.15) is 55.1 Å². The molecular weight excluding hydrogens is 410 g/mol. The Hall–Kier alpha value is -3.38. The maximum atomic E-state index is 7.95. The lowest BCUT2D eigenvalue weighted by Gasteiger charge is -2.24. The first kappa shape index (κ1) is 21.5. The number of imidazole rings is 1. The lowest BCUT2D eigenvalue weighted by molar-refractivity contribution is 0.162. The molecule has 1 fully saturated rings. The van der Waals surface area contributed by atoms with Crippen LogP contribution in [0, 0.1) is 5.41 Å². The number of rotatable bonds is 6. The van der Waals surface area contributed by atoms with E-state index in [4.69, 9.17) is 20.9 Å². The summed E-state index contributed by atoms with van der Waals surface area (Å²) in [5.41, 5.74) is 11.0. The fourth-order valence-corrected chi connectivity index (χ4v) is 4.72. The van der Waals surface area contributed by atoms with Crippen molar-refractivity contribution in [1.82, 2.24) is 15.3 Å². The van der Waals surface area contributed by atoms with Gasteiger partial charge in [-0.3, -0.25) is 5.41 Å². The smallest absolute Gasteiger partial charge is 0.123 e. The number of nitrogen functional groups attached to an aromatic ring is 1. The second-order valence-electron chi connectivity index (χ2n) is 9.23. The molecule has 1 aliphatic rings. The van der Waals surface area contributed by atoms with E-state index in [2.05, 4.69) is 48.4 Å². The van der Waals surface area contributed by atoms with Gasteiger partial charge >= 0.3 is 0 Å². The van der Waals surface area contributed by atoms with Crippen LogP contribution in [-0.2, 0) is 6.42 Å². The van der Waals surface area contributed by atoms with Crippen molar-refractivity contribution >= 4 is 27.6 Å². The van der Waals surface area contributed by atoms with E-state index in [1.165, 1.54) is 5.56 Å². The highest BCUT2D eigenvalue weighted by molar-refractivity contribution is 6.08. The molecule has 2 heterocycles. The van der Waals surface area contributed by atoms with Gasteiger partial charge in [0.2, 0.25) is 0 Å². The minimum absolute atomic E-state index is 0.0892. The zero-order chi connectivity index (χ0) is 22.9. The molecule has 1 aromatic heterocycles. The van der Waals surface area contributed by atoms with Crippen molar-refractivity contribution in [3.63, 3.8) is 0 Å². The number of hydrogen-bond donors (Lipinski definition) is 4. The summed E-state index contributed by atoms with van der Waals surface area (Å²) >= 11 is 0. The number of fused-ring (bicyclic) bond motifs is 2. The first-order chi connectivity index (χ1) is 16.0. The van der Waals surface area contributed by atoms with Gasteiger partial charge < -0.3 is 20.8 Å². The second kappa shape index (κ2) is 8.87. The summed E-state index contributed by atoms with van der Waals surface area (Å²) in [6.07, 6.45) is 3.00. The largest absolute Gasteiger partial charge is 0.490 e. The lowest BCUT2D eigenvalue weighted by atomic mass is 9.94. The number of amidine groups is 1. The van der Waals surface area contributed by atoms with Gasteiger partial charge in [0.25, 0.3) is 0 Å². The second-order valence-corrected chi connectivity index (χ2v) is 9.23. The van der Waals surface area contributed by atoms with Gasteiger partial charge in [-0.15, -0.1) is 0 Å². The Morgan fingerprint density at radius 3 is 2.58 bits per heavy atom. The highest BCUT2D eigenvalue weighted by atomic mass is 16.5. The zero-order valence-corrected chi connectivity index (χ0v) is 19.2. The highest BCUT2D eigenvalue weighted by Crippen LogP contribution is 2.31. The maximum absolute atomic E-state index is 7.95. The molecule has 0 unspecified atom stereocenters. The Kier molecular flexibility index (Phi) is 5.77. The molecule has 0 spiro atoms. The van der Waals surface area contributed by atoms with Crippen molar-refractivity contribution in [2.45, 2.75) is 45.1 Å². The fourth-order valence-electron chi connectivity index (χ4n) is 4.72. The number of nitrogens with zero attached hydrogens (tertiary/aromatic N) is 1. The molecule has 1 aliphatic heterocycles. The van der Waals surface area contributed by atoms with E-state index in [0.29, 0.717) is 5.92 Å². The van der Waals surface area contributed by atoms with Crippen LogP contribution in [0.4, 0.5) is 0 Å². The number of ether oxygens (including phenoxy) is 1. The van der Waals surface area contributed by atoms with Gasteiger partial charge in [0.1, 0.15) is 23.5 Å². The van der Waals surface area contributed by atoms with Crippen LogP contribution in [0.25, 0.3) is 21.8 Å². The first-order valence-electron chi connectivity index (χ1n) is 11.7. The van der Waals surface area contributed by atoms with Crippen LogP contribution in [0.15, 0.2) is 48.5 Å². The van der Waals surface area contributed by atoms with Crippen LogP contribution in [0.2, 0.25) is 0 Å². The predicted octanol–water partition coefficient (Wildman–Crippen LogP) is 4.85. The van der Waals surface area contributed by atoms with Gasteiger partial charge in [-0.2, -0.15) is 0 Å². The molecule has 170 valence electrons. The van der Waals surface area contributed by atoms with Crippen molar-refractivity contribution in [3.8, 4) is 5.75 Å². The number of aromatic amines is 1. The average molecular weight is 442 g/mol. The summed E-state index contributed by atoms with van der Waals surface area (Å²) in [7, 11) is 0. The van der Waals surface area contributed by atoms with Gasteiger partial charge in [-0.1, -0.05) is 50.2 Å². The van der Waals surface area contributed by atoms with Gasteiger partial charge in [-0.25, -0.2) is 4.98 Å². The van der Waals surface area contributed by atoms with Crippen molar-refractivity contribution in [3.05, 3.63) is 71.0 Å². The third kappa shape index (κ3) is 4.31. The minimum atomic E-state index is 0.0892. The molecule has 1 saturated heterocycles. The Labute approximate surface area is 194 Å². The lowest BCUT2D eigenvalue weighted by Crippen LogP contribution is -2.34. The molecule has 5 N–H and O–H groups in total. The van der Waals surface area contributed by atoms with Crippen molar-refractivity contribution in [2.24, 2.45) is 5.73 Å². The number of benzene rings is 3. The van der Waals surface area contributed by atoms with Crippen LogP contribution in [0.5, 0.6) is 5.75 Å². The quantitative estimate of drug-likeness (QED) is 0.254. The molecule has 0 radical (unpaired) electrons. The van der Waals surface area contributed by atoms with E-state index in [-0.39, 0.29) is 11.9 Å². The Morgan fingerprint density at radius 2 is 1.85 bits per heavy atom. The molecule has 3 aromatic carbocycles. The van der Waals surface area contributed by atoms with Gasteiger partial charge in [-0.05, 0) is 53.9 Å². The highest BCUT2D eigenvalue weighted by Gasteiger charge is 2.18. The summed E-state index contributed by atoms with van der Waals surface area (Å²) in [5, 5.41) is 13.5. The summed E-state index contributed by atoms with van der Waals surface area (Å²) in [6.45, 7) is 6.29. The van der Waals surface area contributed by atoms with Crippen molar-refractivity contribution in [2.75, 3.05) is 13.1 Å². The predicted molar refractivity (Wildman–Crippen MR) is 134 cm³/mol. The molecular formula is C27H31N5O. The van der Waals surface area contributed by atoms with E-state index < -0.39 is 0 Å². The molecule has 33 heavy (non-hydrogen) atoms. The number of H-pyrrole nitrogens is 1. The number of piperidine rings is 1. The first-order valence-corrected chi connectivity index (χ1v) is 11.7. The fraction of sp³-hybridized carbons (Fsp3) is 0.333. The number of nitrogens with two attached hydrogens (primary N) is 1. The molecule has 6 nitrogen and oxygen atoms in total. The van der Waals surface area contributed by atoms with Crippen LogP contribution >= 0.6 is 0 Å². The van der Waals surface area contributed by atoms with E-state index in [1.54, 1.807) is 0 Å². The third-order valence-electron chi connectivity index (χ3n) is 6.48. The summed E-state index contributed by atoms with van der Waals surface area (Å²) in [4.78, 5) is 8.46. The maximum Gasteiger partial charge on any atom is 0.123 e. The number of hydrogen-bond acceptors (Lipinski definition) is 4. The molecule has 6 heteroatoms. The van der Waals surface area contributed by atoms with Gasteiger partial charge in [0, 0.05) is 24.0 Å². The Bertz CT molecular complexity index is 1320. The zero-order valence-electron chi connectivity index (χ0n) is 19.2. The Balaban J connectivity index is 1.59. The van der Waals surface area contributed by atoms with E-state index >= 15 is 0 Å². The van der Waals surface area contributed by atoms with Crippen LogP contribution in [0.3, 0.4) is 0 Å². The van der Waals surface area contributed by atoms with Gasteiger partial charge in [0.15, 0.2) is 0 Å². The SMILES string of the molecule is CC(C)c1nc2c(Cc3ccc(C(=N)N)c4ccccc34)cc(OC3CCNCC3)cc2[nH]1. The third-order valence-corrected chi connectivity index (χ3v) is 6.48. The Morgan fingerprint density at radius 1 is 1.09 bits per heavy atom. The van der Waals surface area contributed by atoms with Gasteiger partial charge in [0.05, 0.1) is 11.0 Å². The number of aromatic nitrogens is 2. The standard InChI is InChI=1S/C27H31N5O/c1-16(2)27-31-24-15-20(33-19-9-11-30-12-10-19)14-18(25(24)32-27)13-17-7-8-23(26(28)29)22-6-4-3-5-21(17)22/h3-8,14-16,19,30H,9-13H2,1-2H3,(H3,28,29)(H,31,32). The number of nitrogens with one attached hydrogen (secondary N) is 3. The molecule has 0 bridgehead atoms. The van der Waals surface area contributed by atoms with Crippen LogP contribution in [-0.4, -0.2) is 35.0 Å². The summed E-state index contributed by atoms with van der Waals surface area (Å²) in [6, 6.07) is 16.5. The van der Waals surface area contributed by atoms with E-state index in [0.717, 1.165) is 76.9 Å². The molecule has 4 aromatic rings. The van der Waals surface area contributed by atoms with Crippen LogP contribution < -0.4 is 15.8 Å². The topological polar surface area (TPSA) is 99.8 Å². The molecule has 0 saturated carbocycles. The normalized spacial score (nSPS) is 14.9. The van der Waals surface area contributed by atoms with E-state index in [1.807, 2.05) is 24.3 Å². The van der Waals surface area contributed by atoms with Crippen molar-refractivity contribution in [1.29, 1.82) is 5.41 Å². The van der Waals surface area contributed by atoms with E-state index in [9.17, 15) is 0 Å². The monoisotopic (exact) mass is 441 g/mol. The molecule has 0 aliphatic carbocycles. The molecule has 0 amide bonds. The summed E-state index contributed by atoms with van der Waals surface area (Å²) in [5.74, 6) is 2.29. The minimum Gasteiger partial charge on any atom is -0.490 e. The molecule has 5 rings (SSSR count). The molecule has 0 atom stereocenters. The van der Waals surface area contributed by atoms with Crippen molar-refractivity contribution < 1.29 is 4.74 Å². The average Bonchev–Trinajstić information content (AvgIpc) is 3.25.